The summed E-state index contributed by atoms with van der Waals surface area (Å²) in [6, 6.07) is 9.44. The molecule has 1 aromatic rings. The van der Waals surface area contributed by atoms with Gasteiger partial charge in [0, 0.05) is 5.56 Å². The van der Waals surface area contributed by atoms with Gasteiger partial charge in [-0.3, -0.25) is 4.79 Å². The standard InChI is InChI=1S/C12H12OS/c13-12(9-11-7-4-8-14-11)10-5-2-1-3-6-10/h1-3,5-6,9H,4,7-8H2/b11-9+. The summed E-state index contributed by atoms with van der Waals surface area (Å²) in [7, 11) is 0. The Balaban J connectivity index is 2.13. The molecule has 0 bridgehead atoms. The van der Waals surface area contributed by atoms with Gasteiger partial charge in [0.15, 0.2) is 5.78 Å². The maximum absolute atomic E-state index is 11.7. The van der Waals surface area contributed by atoms with Gasteiger partial charge in [-0.1, -0.05) is 30.3 Å². The molecule has 1 aromatic carbocycles. The third-order valence-electron chi connectivity index (χ3n) is 2.21. The molecule has 0 atom stereocenters. The van der Waals surface area contributed by atoms with Crippen molar-refractivity contribution in [2.75, 3.05) is 5.75 Å². The van der Waals surface area contributed by atoms with Crippen molar-refractivity contribution in [1.29, 1.82) is 0 Å². The quantitative estimate of drug-likeness (QED) is 0.543. The summed E-state index contributed by atoms with van der Waals surface area (Å²) in [5.41, 5.74) is 0.785. The van der Waals surface area contributed by atoms with E-state index in [0.717, 1.165) is 17.7 Å². The van der Waals surface area contributed by atoms with E-state index >= 15 is 0 Å². The summed E-state index contributed by atoms with van der Waals surface area (Å²) in [5.74, 6) is 1.29. The molecule has 0 radical (unpaired) electrons. The zero-order valence-corrected chi connectivity index (χ0v) is 8.72. The maximum Gasteiger partial charge on any atom is 0.186 e. The Morgan fingerprint density at radius 1 is 1.29 bits per heavy atom. The number of allylic oxidation sites excluding steroid dienone is 2. The third-order valence-corrected chi connectivity index (χ3v) is 3.39. The van der Waals surface area contributed by atoms with E-state index < -0.39 is 0 Å². The minimum Gasteiger partial charge on any atom is -0.289 e. The number of carbonyl (C=O) groups excluding carboxylic acids is 1. The lowest BCUT2D eigenvalue weighted by Gasteiger charge is -1.96. The van der Waals surface area contributed by atoms with Gasteiger partial charge < -0.3 is 0 Å². The predicted molar refractivity (Wildman–Crippen MR) is 60.5 cm³/mol. The fraction of sp³-hybridized carbons (Fsp3) is 0.250. The Kier molecular flexibility index (Phi) is 3.04. The highest BCUT2D eigenvalue weighted by molar-refractivity contribution is 8.03. The van der Waals surface area contributed by atoms with Gasteiger partial charge in [0.05, 0.1) is 0 Å². The molecule has 2 heteroatoms. The van der Waals surface area contributed by atoms with Gasteiger partial charge in [-0.25, -0.2) is 0 Å². The van der Waals surface area contributed by atoms with Crippen molar-refractivity contribution >= 4 is 17.5 Å². The van der Waals surface area contributed by atoms with Gasteiger partial charge in [-0.2, -0.15) is 0 Å². The molecule has 1 saturated heterocycles. The SMILES string of the molecule is O=C(/C=C1\CCCS1)c1ccccc1. The first-order valence-electron chi connectivity index (χ1n) is 4.79. The van der Waals surface area contributed by atoms with E-state index in [0.29, 0.717) is 0 Å². The average molecular weight is 204 g/mol. The van der Waals surface area contributed by atoms with Crippen LogP contribution in [0.25, 0.3) is 0 Å². The Labute approximate surface area is 88.2 Å². The molecule has 0 spiro atoms. The Hall–Kier alpha value is -1.02. The molecule has 72 valence electrons. The van der Waals surface area contributed by atoms with E-state index in [1.165, 1.54) is 11.3 Å². The molecule has 0 saturated carbocycles. The van der Waals surface area contributed by atoms with E-state index in [-0.39, 0.29) is 5.78 Å². The monoisotopic (exact) mass is 204 g/mol. The average Bonchev–Trinajstić information content (AvgIpc) is 2.72. The topological polar surface area (TPSA) is 17.1 Å². The molecule has 2 rings (SSSR count). The number of thioether (sulfide) groups is 1. The van der Waals surface area contributed by atoms with Gasteiger partial charge in [-0.15, -0.1) is 11.8 Å². The van der Waals surface area contributed by atoms with Crippen molar-refractivity contribution in [3.8, 4) is 0 Å². The van der Waals surface area contributed by atoms with E-state index in [1.54, 1.807) is 17.8 Å². The van der Waals surface area contributed by atoms with E-state index in [2.05, 4.69) is 0 Å². The van der Waals surface area contributed by atoms with Crippen LogP contribution < -0.4 is 0 Å². The van der Waals surface area contributed by atoms with Crippen molar-refractivity contribution in [2.24, 2.45) is 0 Å². The van der Waals surface area contributed by atoms with Gasteiger partial charge in [-0.05, 0) is 29.6 Å². The normalized spacial score (nSPS) is 18.7. The molecule has 1 nitrogen and oxygen atoms in total. The number of benzene rings is 1. The Morgan fingerprint density at radius 3 is 2.71 bits per heavy atom. The molecule has 1 aliphatic heterocycles. The van der Waals surface area contributed by atoms with Gasteiger partial charge in [0.25, 0.3) is 0 Å². The van der Waals surface area contributed by atoms with Crippen LogP contribution in [0, 0.1) is 0 Å². The van der Waals surface area contributed by atoms with Crippen LogP contribution in [0.2, 0.25) is 0 Å². The second-order valence-corrected chi connectivity index (χ2v) is 4.51. The molecular formula is C12H12OS. The predicted octanol–water partition coefficient (Wildman–Crippen LogP) is 3.28. The first-order valence-corrected chi connectivity index (χ1v) is 5.77. The molecule has 0 amide bonds. The van der Waals surface area contributed by atoms with Crippen LogP contribution in [0.15, 0.2) is 41.3 Å². The van der Waals surface area contributed by atoms with Crippen LogP contribution in [0.1, 0.15) is 23.2 Å². The van der Waals surface area contributed by atoms with Crippen LogP contribution in [-0.4, -0.2) is 11.5 Å². The highest BCUT2D eigenvalue weighted by Gasteiger charge is 2.09. The Morgan fingerprint density at radius 2 is 2.07 bits per heavy atom. The smallest absolute Gasteiger partial charge is 0.186 e. The molecular weight excluding hydrogens is 192 g/mol. The van der Waals surface area contributed by atoms with Crippen molar-refractivity contribution in [3.63, 3.8) is 0 Å². The highest BCUT2D eigenvalue weighted by atomic mass is 32.2. The number of ketones is 1. The van der Waals surface area contributed by atoms with Gasteiger partial charge >= 0.3 is 0 Å². The second kappa shape index (κ2) is 4.47. The fourth-order valence-electron chi connectivity index (χ4n) is 1.47. The van der Waals surface area contributed by atoms with E-state index in [9.17, 15) is 4.79 Å². The van der Waals surface area contributed by atoms with E-state index in [4.69, 9.17) is 0 Å². The molecule has 1 fully saturated rings. The number of hydrogen-bond donors (Lipinski definition) is 0. The summed E-state index contributed by atoms with van der Waals surface area (Å²) in [6.45, 7) is 0. The minimum atomic E-state index is 0.134. The zero-order chi connectivity index (χ0) is 9.80. The van der Waals surface area contributed by atoms with Crippen LogP contribution in [0.4, 0.5) is 0 Å². The minimum absolute atomic E-state index is 0.134. The molecule has 14 heavy (non-hydrogen) atoms. The Bertz CT molecular complexity index is 346. The van der Waals surface area contributed by atoms with Gasteiger partial charge in [0.2, 0.25) is 0 Å². The van der Waals surface area contributed by atoms with Crippen LogP contribution in [0.3, 0.4) is 0 Å². The van der Waals surface area contributed by atoms with Crippen molar-refractivity contribution in [2.45, 2.75) is 12.8 Å². The van der Waals surface area contributed by atoms with Crippen LogP contribution in [-0.2, 0) is 0 Å². The third kappa shape index (κ3) is 2.26. The second-order valence-electron chi connectivity index (χ2n) is 3.29. The number of hydrogen-bond acceptors (Lipinski definition) is 2. The summed E-state index contributed by atoms with van der Waals surface area (Å²) >= 11 is 1.81. The highest BCUT2D eigenvalue weighted by Crippen LogP contribution is 2.30. The summed E-state index contributed by atoms with van der Waals surface area (Å²) < 4.78 is 0. The van der Waals surface area contributed by atoms with Crippen molar-refractivity contribution in [3.05, 3.63) is 46.9 Å². The first kappa shape index (κ1) is 9.53. The first-order chi connectivity index (χ1) is 6.86. The molecule has 0 N–H and O–H groups in total. The van der Waals surface area contributed by atoms with Crippen molar-refractivity contribution in [1.82, 2.24) is 0 Å². The molecule has 0 aliphatic carbocycles. The lowest BCUT2D eigenvalue weighted by Crippen LogP contribution is -1.93. The number of rotatable bonds is 2. The zero-order valence-electron chi connectivity index (χ0n) is 7.90. The molecule has 1 aliphatic rings. The molecule has 0 unspecified atom stereocenters. The maximum atomic E-state index is 11.7. The lowest BCUT2D eigenvalue weighted by atomic mass is 10.1. The van der Waals surface area contributed by atoms with Crippen molar-refractivity contribution < 1.29 is 4.79 Å². The lowest BCUT2D eigenvalue weighted by molar-refractivity contribution is 0.104. The largest absolute Gasteiger partial charge is 0.289 e. The molecule has 0 aromatic heterocycles. The fourth-order valence-corrected chi connectivity index (χ4v) is 2.50. The van der Waals surface area contributed by atoms with E-state index in [1.807, 2.05) is 30.3 Å². The summed E-state index contributed by atoms with van der Waals surface area (Å²) in [4.78, 5) is 12.9. The number of carbonyl (C=O) groups is 1. The summed E-state index contributed by atoms with van der Waals surface area (Å²) in [6.07, 6.45) is 4.06. The molecule has 1 heterocycles. The summed E-state index contributed by atoms with van der Waals surface area (Å²) in [5, 5.41) is 0. The van der Waals surface area contributed by atoms with Crippen LogP contribution in [0.5, 0.6) is 0 Å². The van der Waals surface area contributed by atoms with Crippen LogP contribution >= 0.6 is 11.8 Å². The van der Waals surface area contributed by atoms with Gasteiger partial charge in [0.1, 0.15) is 0 Å².